The number of carbonyl (C=O) groups is 2. The van der Waals surface area contributed by atoms with Crippen LogP contribution in [0.25, 0.3) is 0 Å². The van der Waals surface area contributed by atoms with E-state index in [9.17, 15) is 9.59 Å². The molecule has 28 heavy (non-hydrogen) atoms. The van der Waals surface area contributed by atoms with E-state index in [0.717, 1.165) is 24.9 Å². The van der Waals surface area contributed by atoms with E-state index in [1.54, 1.807) is 36.4 Å². The van der Waals surface area contributed by atoms with E-state index in [4.69, 9.17) is 0 Å². The zero-order valence-corrected chi connectivity index (χ0v) is 15.9. The number of amides is 2. The van der Waals surface area contributed by atoms with Gasteiger partial charge in [0.2, 0.25) is 0 Å². The van der Waals surface area contributed by atoms with Gasteiger partial charge in [0, 0.05) is 22.5 Å². The van der Waals surface area contributed by atoms with Gasteiger partial charge in [-0.1, -0.05) is 49.7 Å². The van der Waals surface area contributed by atoms with E-state index >= 15 is 0 Å². The second kappa shape index (κ2) is 9.51. The molecule has 0 fully saturated rings. The summed E-state index contributed by atoms with van der Waals surface area (Å²) in [5.74, 6) is -0.419. The van der Waals surface area contributed by atoms with Gasteiger partial charge in [-0.15, -0.1) is 0 Å². The molecule has 0 aromatic heterocycles. The molecule has 2 amide bonds. The molecule has 0 aliphatic rings. The van der Waals surface area contributed by atoms with Crippen LogP contribution in [-0.2, 0) is 6.42 Å². The molecule has 0 spiro atoms. The maximum absolute atomic E-state index is 12.6. The number of hydrogen-bond donors (Lipinski definition) is 2. The second-order valence-corrected chi connectivity index (χ2v) is 6.66. The van der Waals surface area contributed by atoms with Crippen LogP contribution >= 0.6 is 0 Å². The van der Waals surface area contributed by atoms with Crippen LogP contribution in [0.5, 0.6) is 0 Å². The minimum absolute atomic E-state index is 0.208. The highest BCUT2D eigenvalue weighted by Crippen LogP contribution is 2.16. The van der Waals surface area contributed by atoms with Crippen molar-refractivity contribution >= 4 is 23.2 Å². The van der Waals surface area contributed by atoms with E-state index in [1.165, 1.54) is 5.56 Å². The molecular weight excluding hydrogens is 348 g/mol. The number of carbonyl (C=O) groups excluding carboxylic acids is 2. The number of unbranched alkanes of at least 4 members (excludes halogenated alkanes) is 1. The summed E-state index contributed by atoms with van der Waals surface area (Å²) in [7, 11) is 0. The lowest BCUT2D eigenvalue weighted by atomic mass is 10.1. The topological polar surface area (TPSA) is 58.2 Å². The Hall–Kier alpha value is -3.40. The summed E-state index contributed by atoms with van der Waals surface area (Å²) in [4.78, 5) is 24.8. The van der Waals surface area contributed by atoms with Gasteiger partial charge in [0.25, 0.3) is 11.8 Å². The molecule has 3 aromatic carbocycles. The Morgan fingerprint density at radius 1 is 0.714 bits per heavy atom. The van der Waals surface area contributed by atoms with Crippen LogP contribution < -0.4 is 10.6 Å². The molecule has 0 bridgehead atoms. The van der Waals surface area contributed by atoms with Crippen molar-refractivity contribution < 1.29 is 9.59 Å². The van der Waals surface area contributed by atoms with Gasteiger partial charge in [-0.25, -0.2) is 0 Å². The monoisotopic (exact) mass is 372 g/mol. The molecule has 0 unspecified atom stereocenters. The Morgan fingerprint density at radius 3 is 2.07 bits per heavy atom. The highest BCUT2D eigenvalue weighted by Gasteiger charge is 2.09. The molecule has 4 heteroatoms. The first-order valence-electron chi connectivity index (χ1n) is 9.52. The van der Waals surface area contributed by atoms with Crippen molar-refractivity contribution in [2.24, 2.45) is 0 Å². The number of hydrogen-bond acceptors (Lipinski definition) is 2. The molecule has 0 atom stereocenters. The number of rotatable bonds is 7. The number of aryl methyl sites for hydroxylation is 1. The molecule has 2 N–H and O–H groups in total. The average molecular weight is 372 g/mol. The van der Waals surface area contributed by atoms with Gasteiger partial charge in [-0.2, -0.15) is 0 Å². The third-order valence-corrected chi connectivity index (χ3v) is 4.45. The standard InChI is InChI=1S/C24H24N2O2/c1-2-3-8-18-13-15-21(16-14-18)25-24(28)20-11-7-12-22(17-20)26-23(27)19-9-5-4-6-10-19/h4-7,9-17H,2-3,8H2,1H3,(H,25,28)(H,26,27). The van der Waals surface area contributed by atoms with Gasteiger partial charge < -0.3 is 10.6 Å². The second-order valence-electron chi connectivity index (χ2n) is 6.66. The number of nitrogens with one attached hydrogen (secondary N) is 2. The van der Waals surface area contributed by atoms with Gasteiger partial charge in [-0.3, -0.25) is 9.59 Å². The summed E-state index contributed by atoms with van der Waals surface area (Å²) in [6, 6.07) is 23.8. The van der Waals surface area contributed by atoms with Gasteiger partial charge in [0.15, 0.2) is 0 Å². The van der Waals surface area contributed by atoms with Gasteiger partial charge >= 0.3 is 0 Å². The zero-order valence-electron chi connectivity index (χ0n) is 15.9. The fraction of sp³-hybridized carbons (Fsp3) is 0.167. The first-order valence-corrected chi connectivity index (χ1v) is 9.52. The highest BCUT2D eigenvalue weighted by molar-refractivity contribution is 6.07. The summed E-state index contributed by atoms with van der Waals surface area (Å²) in [5, 5.41) is 5.73. The minimum atomic E-state index is -0.211. The molecule has 0 radical (unpaired) electrons. The average Bonchev–Trinajstić information content (AvgIpc) is 2.74. The lowest BCUT2D eigenvalue weighted by Gasteiger charge is -2.09. The molecule has 3 aromatic rings. The first-order chi connectivity index (χ1) is 13.7. The highest BCUT2D eigenvalue weighted by atomic mass is 16.2. The summed E-state index contributed by atoms with van der Waals surface area (Å²) >= 11 is 0. The van der Waals surface area contributed by atoms with Crippen LogP contribution in [0, 0.1) is 0 Å². The van der Waals surface area contributed by atoms with Crippen molar-refractivity contribution in [1.29, 1.82) is 0 Å². The summed E-state index contributed by atoms with van der Waals surface area (Å²) < 4.78 is 0. The Labute approximate surface area is 165 Å². The Balaban J connectivity index is 1.64. The van der Waals surface area contributed by atoms with Crippen LogP contribution in [0.1, 0.15) is 46.0 Å². The lowest BCUT2D eigenvalue weighted by molar-refractivity contribution is 0.101. The minimum Gasteiger partial charge on any atom is -0.322 e. The maximum atomic E-state index is 12.6. The molecule has 142 valence electrons. The summed E-state index contributed by atoms with van der Waals surface area (Å²) in [5.41, 5.74) is 3.66. The Morgan fingerprint density at radius 2 is 1.36 bits per heavy atom. The Bertz CT molecular complexity index is 934. The van der Waals surface area contributed by atoms with Crippen molar-refractivity contribution in [2.45, 2.75) is 26.2 Å². The molecule has 4 nitrogen and oxygen atoms in total. The number of anilines is 2. The lowest BCUT2D eigenvalue weighted by Crippen LogP contribution is -2.14. The van der Waals surface area contributed by atoms with E-state index in [-0.39, 0.29) is 11.8 Å². The molecule has 3 rings (SSSR count). The van der Waals surface area contributed by atoms with E-state index < -0.39 is 0 Å². The van der Waals surface area contributed by atoms with Crippen LogP contribution in [0.4, 0.5) is 11.4 Å². The third kappa shape index (κ3) is 5.30. The summed E-state index contributed by atoms with van der Waals surface area (Å²) in [6.45, 7) is 2.17. The van der Waals surface area contributed by atoms with Crippen molar-refractivity contribution in [3.8, 4) is 0 Å². The van der Waals surface area contributed by atoms with Gasteiger partial charge in [-0.05, 0) is 60.9 Å². The maximum Gasteiger partial charge on any atom is 0.255 e. The molecule has 0 heterocycles. The molecule has 0 saturated carbocycles. The molecule has 0 saturated heterocycles. The fourth-order valence-electron chi connectivity index (χ4n) is 2.87. The smallest absolute Gasteiger partial charge is 0.255 e. The van der Waals surface area contributed by atoms with Gasteiger partial charge in [0.1, 0.15) is 0 Å². The van der Waals surface area contributed by atoms with Crippen molar-refractivity contribution in [1.82, 2.24) is 0 Å². The fourth-order valence-corrected chi connectivity index (χ4v) is 2.87. The van der Waals surface area contributed by atoms with Gasteiger partial charge in [0.05, 0.1) is 0 Å². The van der Waals surface area contributed by atoms with E-state index in [1.807, 2.05) is 42.5 Å². The van der Waals surface area contributed by atoms with Crippen molar-refractivity contribution in [3.63, 3.8) is 0 Å². The SMILES string of the molecule is CCCCc1ccc(NC(=O)c2cccc(NC(=O)c3ccccc3)c2)cc1. The Kier molecular flexibility index (Phi) is 6.58. The molecular formula is C24H24N2O2. The molecule has 0 aliphatic heterocycles. The van der Waals surface area contributed by atoms with E-state index in [2.05, 4.69) is 17.6 Å². The van der Waals surface area contributed by atoms with Crippen LogP contribution in [0.15, 0.2) is 78.9 Å². The van der Waals surface area contributed by atoms with Crippen LogP contribution in [0.3, 0.4) is 0 Å². The predicted molar refractivity (Wildman–Crippen MR) is 114 cm³/mol. The van der Waals surface area contributed by atoms with Crippen molar-refractivity contribution in [2.75, 3.05) is 10.6 Å². The first kappa shape index (κ1) is 19.4. The van der Waals surface area contributed by atoms with E-state index in [0.29, 0.717) is 16.8 Å². The number of benzene rings is 3. The molecule has 0 aliphatic carbocycles. The van der Waals surface area contributed by atoms with Crippen molar-refractivity contribution in [3.05, 3.63) is 95.6 Å². The normalized spacial score (nSPS) is 10.3. The zero-order chi connectivity index (χ0) is 19.8. The predicted octanol–water partition coefficient (Wildman–Crippen LogP) is 5.53. The quantitative estimate of drug-likeness (QED) is 0.572. The van der Waals surface area contributed by atoms with Crippen LogP contribution in [0.2, 0.25) is 0 Å². The largest absolute Gasteiger partial charge is 0.322 e. The van der Waals surface area contributed by atoms with Crippen LogP contribution in [-0.4, -0.2) is 11.8 Å². The third-order valence-electron chi connectivity index (χ3n) is 4.45. The summed E-state index contributed by atoms with van der Waals surface area (Å²) in [6.07, 6.45) is 3.37.